The van der Waals surface area contributed by atoms with Crippen molar-refractivity contribution in [3.05, 3.63) is 58.0 Å². The molecule has 1 saturated heterocycles. The predicted octanol–water partition coefficient (Wildman–Crippen LogP) is 4.39. The van der Waals surface area contributed by atoms with Crippen LogP contribution in [0.2, 0.25) is 0 Å². The lowest BCUT2D eigenvalue weighted by Gasteiger charge is -2.44. The van der Waals surface area contributed by atoms with Crippen molar-refractivity contribution >= 4 is 0 Å². The van der Waals surface area contributed by atoms with Crippen molar-refractivity contribution in [2.45, 2.75) is 51.0 Å². The quantitative estimate of drug-likeness (QED) is 0.785. The second-order valence-corrected chi connectivity index (χ2v) is 9.29. The second kappa shape index (κ2) is 7.80. The highest BCUT2D eigenvalue weighted by atomic mass is 16.1. The Kier molecular flexibility index (Phi) is 5.01. The monoisotopic (exact) mass is 387 g/mol. The van der Waals surface area contributed by atoms with Gasteiger partial charge in [0.1, 0.15) is 0 Å². The summed E-state index contributed by atoms with van der Waals surface area (Å²) in [6.07, 6.45) is 8.13. The van der Waals surface area contributed by atoms with Crippen LogP contribution in [0, 0.1) is 23.2 Å². The van der Waals surface area contributed by atoms with Gasteiger partial charge in [-0.1, -0.05) is 31.4 Å². The lowest BCUT2D eigenvalue weighted by molar-refractivity contribution is 0.0970. The number of fused-ring (bicyclic) bond motifs is 4. The maximum Gasteiger partial charge on any atom is 0.250 e. The van der Waals surface area contributed by atoms with Gasteiger partial charge >= 0.3 is 0 Å². The second-order valence-electron chi connectivity index (χ2n) is 9.29. The summed E-state index contributed by atoms with van der Waals surface area (Å²) in [5.74, 6) is 1.83. The van der Waals surface area contributed by atoms with Crippen molar-refractivity contribution in [3.63, 3.8) is 0 Å². The Balaban J connectivity index is 1.48. The Bertz CT molecular complexity index is 996. The summed E-state index contributed by atoms with van der Waals surface area (Å²) >= 11 is 0. The first-order valence-corrected chi connectivity index (χ1v) is 11.2. The highest BCUT2D eigenvalue weighted by Crippen LogP contribution is 2.40. The van der Waals surface area contributed by atoms with Crippen molar-refractivity contribution in [1.82, 2.24) is 9.47 Å². The van der Waals surface area contributed by atoms with E-state index in [1.807, 2.05) is 28.8 Å². The van der Waals surface area contributed by atoms with Gasteiger partial charge in [0, 0.05) is 49.4 Å². The molecular weight excluding hydrogens is 358 g/mol. The average Bonchev–Trinajstić information content (AvgIpc) is 2.75. The number of aromatic nitrogens is 1. The van der Waals surface area contributed by atoms with Gasteiger partial charge in [0.2, 0.25) is 0 Å². The Morgan fingerprint density at radius 1 is 1.03 bits per heavy atom. The summed E-state index contributed by atoms with van der Waals surface area (Å²) in [6, 6.07) is 13.7. The molecule has 2 atom stereocenters. The molecule has 0 amide bonds. The van der Waals surface area contributed by atoms with Gasteiger partial charge < -0.3 is 9.47 Å². The molecule has 3 aliphatic rings. The molecule has 1 saturated carbocycles. The first kappa shape index (κ1) is 18.6. The van der Waals surface area contributed by atoms with Crippen LogP contribution in [-0.2, 0) is 6.54 Å². The lowest BCUT2D eigenvalue weighted by atomic mass is 9.79. The molecule has 0 spiro atoms. The zero-order chi connectivity index (χ0) is 19.8. The zero-order valence-electron chi connectivity index (χ0n) is 17.0. The Morgan fingerprint density at radius 3 is 2.72 bits per heavy atom. The summed E-state index contributed by atoms with van der Waals surface area (Å²) in [6.45, 7) is 4.25. The Hall–Kier alpha value is -2.38. The number of hydrogen-bond donors (Lipinski definition) is 0. The van der Waals surface area contributed by atoms with Gasteiger partial charge in [-0.2, -0.15) is 5.26 Å². The van der Waals surface area contributed by atoms with E-state index in [0.717, 1.165) is 36.7 Å². The van der Waals surface area contributed by atoms with E-state index in [0.29, 0.717) is 17.4 Å². The van der Waals surface area contributed by atoms with Crippen LogP contribution < -0.4 is 5.56 Å². The lowest BCUT2D eigenvalue weighted by Crippen LogP contribution is -2.48. The molecule has 2 aromatic rings. The van der Waals surface area contributed by atoms with Crippen molar-refractivity contribution in [2.24, 2.45) is 11.8 Å². The zero-order valence-corrected chi connectivity index (χ0v) is 17.0. The Labute approximate surface area is 172 Å². The number of piperidine rings is 1. The molecule has 5 rings (SSSR count). The van der Waals surface area contributed by atoms with Crippen molar-refractivity contribution in [1.29, 1.82) is 5.26 Å². The molecule has 150 valence electrons. The number of benzene rings is 1. The topological polar surface area (TPSA) is 49.0 Å². The van der Waals surface area contributed by atoms with Crippen LogP contribution in [0.25, 0.3) is 11.1 Å². The summed E-state index contributed by atoms with van der Waals surface area (Å²) in [4.78, 5) is 15.4. The molecule has 1 aromatic heterocycles. The van der Waals surface area contributed by atoms with Crippen LogP contribution in [0.1, 0.15) is 55.7 Å². The molecule has 3 heterocycles. The maximum atomic E-state index is 12.7. The molecule has 2 fully saturated rings. The summed E-state index contributed by atoms with van der Waals surface area (Å²) in [5.41, 5.74) is 4.16. The first-order valence-electron chi connectivity index (χ1n) is 11.2. The standard InChI is InChI=1S/C25H29N3O/c26-13-19-7-4-8-21(11-19)23-9-10-24(29)28-16-20-12-22(25(23)28)17-27(15-20)14-18-5-2-1-3-6-18/h4,7-11,18,20,22H,1-3,5-6,12,14-17H2/t20-,22+/m0/s1. The average molecular weight is 388 g/mol. The van der Waals surface area contributed by atoms with E-state index < -0.39 is 0 Å². The van der Waals surface area contributed by atoms with E-state index in [1.54, 1.807) is 6.07 Å². The number of nitrogens with zero attached hydrogens (tertiary/aromatic N) is 3. The minimum atomic E-state index is 0.121. The highest BCUT2D eigenvalue weighted by molar-refractivity contribution is 5.68. The summed E-state index contributed by atoms with van der Waals surface area (Å²) in [5, 5.41) is 9.31. The molecule has 4 heteroatoms. The fourth-order valence-corrected chi connectivity index (χ4v) is 6.00. The normalized spacial score (nSPS) is 24.7. The van der Waals surface area contributed by atoms with Crippen molar-refractivity contribution in [2.75, 3.05) is 19.6 Å². The summed E-state index contributed by atoms with van der Waals surface area (Å²) in [7, 11) is 0. The SMILES string of the molecule is N#Cc1cccc(-c2ccc(=O)n3c2[C@@H]2C[C@@H](CN(CC4CCCCC4)C2)C3)c1. The first-order chi connectivity index (χ1) is 14.2. The fraction of sp³-hybridized carbons (Fsp3) is 0.520. The maximum absolute atomic E-state index is 12.7. The van der Waals surface area contributed by atoms with Gasteiger partial charge in [0.25, 0.3) is 5.56 Å². The minimum absolute atomic E-state index is 0.121. The minimum Gasteiger partial charge on any atom is -0.311 e. The van der Waals surface area contributed by atoms with Crippen LogP contribution in [0.4, 0.5) is 0 Å². The third-order valence-corrected chi connectivity index (χ3v) is 7.21. The van der Waals surface area contributed by atoms with E-state index in [-0.39, 0.29) is 5.56 Å². The van der Waals surface area contributed by atoms with Crippen LogP contribution in [0.3, 0.4) is 0 Å². The van der Waals surface area contributed by atoms with E-state index in [2.05, 4.69) is 17.0 Å². The molecule has 4 nitrogen and oxygen atoms in total. The largest absolute Gasteiger partial charge is 0.311 e. The molecule has 0 unspecified atom stereocenters. The van der Waals surface area contributed by atoms with Crippen LogP contribution in [0.5, 0.6) is 0 Å². The van der Waals surface area contributed by atoms with Crippen LogP contribution in [0.15, 0.2) is 41.2 Å². The van der Waals surface area contributed by atoms with E-state index in [1.165, 1.54) is 50.8 Å². The van der Waals surface area contributed by atoms with Gasteiger partial charge in [0.05, 0.1) is 11.6 Å². The number of rotatable bonds is 3. The third-order valence-electron chi connectivity index (χ3n) is 7.21. The predicted molar refractivity (Wildman–Crippen MR) is 115 cm³/mol. The van der Waals surface area contributed by atoms with Gasteiger partial charge in [-0.25, -0.2) is 0 Å². The van der Waals surface area contributed by atoms with Gasteiger partial charge in [-0.15, -0.1) is 0 Å². The van der Waals surface area contributed by atoms with Crippen molar-refractivity contribution in [3.8, 4) is 17.2 Å². The van der Waals surface area contributed by atoms with Gasteiger partial charge in [-0.3, -0.25) is 4.79 Å². The fourth-order valence-electron chi connectivity index (χ4n) is 6.00. The van der Waals surface area contributed by atoms with Gasteiger partial charge in [-0.05, 0) is 54.9 Å². The van der Waals surface area contributed by atoms with E-state index >= 15 is 0 Å². The van der Waals surface area contributed by atoms with E-state index in [4.69, 9.17) is 0 Å². The number of pyridine rings is 1. The molecule has 29 heavy (non-hydrogen) atoms. The van der Waals surface area contributed by atoms with Crippen LogP contribution >= 0.6 is 0 Å². The number of hydrogen-bond acceptors (Lipinski definition) is 3. The Morgan fingerprint density at radius 2 is 1.90 bits per heavy atom. The molecule has 1 aliphatic carbocycles. The molecule has 2 aliphatic heterocycles. The molecule has 2 bridgehead atoms. The van der Waals surface area contributed by atoms with Crippen LogP contribution in [-0.4, -0.2) is 29.1 Å². The molecule has 0 N–H and O–H groups in total. The van der Waals surface area contributed by atoms with E-state index in [9.17, 15) is 10.1 Å². The van der Waals surface area contributed by atoms with Crippen molar-refractivity contribution < 1.29 is 0 Å². The highest BCUT2D eigenvalue weighted by Gasteiger charge is 2.36. The van der Waals surface area contributed by atoms with Gasteiger partial charge in [0.15, 0.2) is 0 Å². The number of nitriles is 1. The number of likely N-dealkylation sites (tertiary alicyclic amines) is 1. The molecule has 0 radical (unpaired) electrons. The summed E-state index contributed by atoms with van der Waals surface area (Å²) < 4.78 is 2.03. The molecular formula is C25H29N3O. The molecule has 1 aromatic carbocycles. The third kappa shape index (κ3) is 3.65. The smallest absolute Gasteiger partial charge is 0.250 e.